The molecule has 0 bridgehead atoms. The van der Waals surface area contributed by atoms with Gasteiger partial charge in [0.2, 0.25) is 6.79 Å². The number of pyridine rings is 1. The molecule has 7 heteroatoms. The van der Waals surface area contributed by atoms with Crippen LogP contribution in [0.1, 0.15) is 21.5 Å². The van der Waals surface area contributed by atoms with Crippen molar-refractivity contribution in [1.82, 2.24) is 4.98 Å². The highest BCUT2D eigenvalue weighted by atomic mass is 16.7. The quantitative estimate of drug-likeness (QED) is 0.661. The largest absolute Gasteiger partial charge is 0.495 e. The van der Waals surface area contributed by atoms with E-state index in [4.69, 9.17) is 14.2 Å². The number of anilines is 2. The zero-order chi connectivity index (χ0) is 20.2. The SMILES string of the molecule is COc1ccc(C)cc1NC(=O)c1ccc(NCc2ccc3c(c2)OCO3)nc1. The molecule has 0 fully saturated rings. The maximum absolute atomic E-state index is 12.5. The van der Waals surface area contributed by atoms with Crippen LogP contribution in [0.2, 0.25) is 0 Å². The normalized spacial score (nSPS) is 11.8. The highest BCUT2D eigenvalue weighted by Gasteiger charge is 2.13. The Hall–Kier alpha value is -3.74. The van der Waals surface area contributed by atoms with Gasteiger partial charge in [-0.05, 0) is 54.4 Å². The number of amides is 1. The molecule has 29 heavy (non-hydrogen) atoms. The molecule has 1 aliphatic heterocycles. The summed E-state index contributed by atoms with van der Waals surface area (Å²) in [6.45, 7) is 2.79. The number of carbonyl (C=O) groups is 1. The molecule has 2 aromatic carbocycles. The van der Waals surface area contributed by atoms with E-state index in [1.165, 1.54) is 0 Å². The molecule has 2 N–H and O–H groups in total. The molecule has 1 amide bonds. The van der Waals surface area contributed by atoms with Gasteiger partial charge in [0, 0.05) is 12.7 Å². The van der Waals surface area contributed by atoms with Crippen molar-refractivity contribution < 1.29 is 19.0 Å². The minimum absolute atomic E-state index is 0.247. The van der Waals surface area contributed by atoms with Crippen molar-refractivity contribution in [2.24, 2.45) is 0 Å². The third-order valence-electron chi connectivity index (χ3n) is 4.54. The Morgan fingerprint density at radius 3 is 2.76 bits per heavy atom. The Balaban J connectivity index is 1.38. The molecule has 1 aromatic heterocycles. The number of ether oxygens (including phenoxy) is 3. The van der Waals surface area contributed by atoms with E-state index >= 15 is 0 Å². The summed E-state index contributed by atoms with van der Waals surface area (Å²) in [5.74, 6) is 2.54. The van der Waals surface area contributed by atoms with Gasteiger partial charge in [0.15, 0.2) is 11.5 Å². The highest BCUT2D eigenvalue weighted by molar-refractivity contribution is 6.05. The Bertz CT molecular complexity index is 1030. The average molecular weight is 391 g/mol. The highest BCUT2D eigenvalue weighted by Crippen LogP contribution is 2.32. The van der Waals surface area contributed by atoms with E-state index in [1.54, 1.807) is 25.4 Å². The maximum atomic E-state index is 12.5. The lowest BCUT2D eigenvalue weighted by Crippen LogP contribution is -2.13. The summed E-state index contributed by atoms with van der Waals surface area (Å²) >= 11 is 0. The van der Waals surface area contributed by atoms with Crippen molar-refractivity contribution in [3.8, 4) is 17.2 Å². The van der Waals surface area contributed by atoms with Crippen LogP contribution in [0.3, 0.4) is 0 Å². The van der Waals surface area contributed by atoms with Crippen LogP contribution in [0.15, 0.2) is 54.7 Å². The van der Waals surface area contributed by atoms with Crippen molar-refractivity contribution in [3.63, 3.8) is 0 Å². The van der Waals surface area contributed by atoms with Gasteiger partial charge < -0.3 is 24.8 Å². The van der Waals surface area contributed by atoms with Gasteiger partial charge >= 0.3 is 0 Å². The molecule has 1 aliphatic rings. The second-order valence-electron chi connectivity index (χ2n) is 6.63. The van der Waals surface area contributed by atoms with Gasteiger partial charge in [-0.3, -0.25) is 4.79 Å². The van der Waals surface area contributed by atoms with Gasteiger partial charge in [-0.15, -0.1) is 0 Å². The zero-order valence-electron chi connectivity index (χ0n) is 16.2. The first-order valence-electron chi connectivity index (χ1n) is 9.17. The lowest BCUT2D eigenvalue weighted by Gasteiger charge is -2.11. The minimum atomic E-state index is -0.247. The molecule has 0 spiro atoms. The Morgan fingerprint density at radius 1 is 1.10 bits per heavy atom. The minimum Gasteiger partial charge on any atom is -0.495 e. The molecular formula is C22H21N3O4. The summed E-state index contributed by atoms with van der Waals surface area (Å²) in [5.41, 5.74) is 3.16. The molecule has 0 saturated heterocycles. The number of benzene rings is 2. The summed E-state index contributed by atoms with van der Waals surface area (Å²) in [5, 5.41) is 6.10. The number of aryl methyl sites for hydroxylation is 1. The van der Waals surface area contributed by atoms with Crippen LogP contribution in [-0.4, -0.2) is 24.8 Å². The van der Waals surface area contributed by atoms with Gasteiger partial charge in [-0.1, -0.05) is 12.1 Å². The maximum Gasteiger partial charge on any atom is 0.257 e. The summed E-state index contributed by atoms with van der Waals surface area (Å²) in [6, 6.07) is 14.9. The van der Waals surface area contributed by atoms with E-state index in [0.29, 0.717) is 29.4 Å². The fraction of sp³-hybridized carbons (Fsp3) is 0.182. The topological polar surface area (TPSA) is 81.7 Å². The van der Waals surface area contributed by atoms with E-state index in [2.05, 4.69) is 15.6 Å². The van der Waals surface area contributed by atoms with Gasteiger partial charge in [0.1, 0.15) is 11.6 Å². The second-order valence-corrected chi connectivity index (χ2v) is 6.63. The molecular weight excluding hydrogens is 370 g/mol. The summed E-state index contributed by atoms with van der Waals surface area (Å²) < 4.78 is 16.0. The first-order valence-corrected chi connectivity index (χ1v) is 9.17. The molecule has 0 saturated carbocycles. The third kappa shape index (κ3) is 4.24. The van der Waals surface area contributed by atoms with E-state index in [1.807, 2.05) is 43.3 Å². The molecule has 0 unspecified atom stereocenters. The molecule has 2 heterocycles. The number of carbonyl (C=O) groups excluding carboxylic acids is 1. The fourth-order valence-electron chi connectivity index (χ4n) is 2.99. The number of rotatable bonds is 6. The van der Waals surface area contributed by atoms with Crippen molar-refractivity contribution >= 4 is 17.4 Å². The van der Waals surface area contributed by atoms with Crippen LogP contribution in [0.4, 0.5) is 11.5 Å². The number of fused-ring (bicyclic) bond motifs is 1. The third-order valence-corrected chi connectivity index (χ3v) is 4.54. The summed E-state index contributed by atoms with van der Waals surface area (Å²) in [4.78, 5) is 16.9. The standard InChI is InChI=1S/C22H21N3O4/c1-14-3-6-18(27-2)17(9-14)25-22(26)16-5-8-21(24-12-16)23-11-15-4-7-19-20(10-15)29-13-28-19/h3-10,12H,11,13H2,1-2H3,(H,23,24)(H,25,26). The smallest absolute Gasteiger partial charge is 0.257 e. The van der Waals surface area contributed by atoms with Crippen LogP contribution < -0.4 is 24.8 Å². The molecule has 3 aromatic rings. The molecule has 7 nitrogen and oxygen atoms in total. The lowest BCUT2D eigenvalue weighted by molar-refractivity contribution is 0.102. The Labute approximate surface area is 168 Å². The van der Waals surface area contributed by atoms with Crippen molar-refractivity contribution in [2.75, 3.05) is 24.5 Å². The van der Waals surface area contributed by atoms with E-state index in [0.717, 1.165) is 22.6 Å². The number of hydrogen-bond donors (Lipinski definition) is 2. The predicted octanol–water partition coefficient (Wildman–Crippen LogP) is 3.99. The molecule has 148 valence electrons. The Morgan fingerprint density at radius 2 is 1.97 bits per heavy atom. The van der Waals surface area contributed by atoms with E-state index < -0.39 is 0 Å². The van der Waals surface area contributed by atoms with Crippen LogP contribution in [0.5, 0.6) is 17.2 Å². The van der Waals surface area contributed by atoms with Gasteiger partial charge in [-0.25, -0.2) is 4.98 Å². The van der Waals surface area contributed by atoms with Gasteiger partial charge in [-0.2, -0.15) is 0 Å². The van der Waals surface area contributed by atoms with Crippen LogP contribution in [-0.2, 0) is 6.54 Å². The number of nitrogens with zero attached hydrogens (tertiary/aromatic N) is 1. The molecule has 0 atom stereocenters. The fourth-order valence-corrected chi connectivity index (χ4v) is 2.99. The van der Waals surface area contributed by atoms with Crippen LogP contribution in [0, 0.1) is 6.92 Å². The van der Waals surface area contributed by atoms with Crippen molar-refractivity contribution in [3.05, 3.63) is 71.4 Å². The molecule has 0 radical (unpaired) electrons. The molecule has 4 rings (SSSR count). The number of hydrogen-bond acceptors (Lipinski definition) is 6. The Kier molecular flexibility index (Phi) is 5.20. The first kappa shape index (κ1) is 18.6. The lowest BCUT2D eigenvalue weighted by atomic mass is 10.2. The van der Waals surface area contributed by atoms with Crippen LogP contribution >= 0.6 is 0 Å². The van der Waals surface area contributed by atoms with E-state index in [9.17, 15) is 4.79 Å². The van der Waals surface area contributed by atoms with E-state index in [-0.39, 0.29) is 12.7 Å². The predicted molar refractivity (Wildman–Crippen MR) is 110 cm³/mol. The number of nitrogens with one attached hydrogen (secondary N) is 2. The summed E-state index contributed by atoms with van der Waals surface area (Å²) in [7, 11) is 1.57. The average Bonchev–Trinajstić information content (AvgIpc) is 3.21. The van der Waals surface area contributed by atoms with Gasteiger partial charge in [0.05, 0.1) is 18.4 Å². The van der Waals surface area contributed by atoms with Gasteiger partial charge in [0.25, 0.3) is 5.91 Å². The monoisotopic (exact) mass is 391 g/mol. The van der Waals surface area contributed by atoms with Crippen molar-refractivity contribution in [1.29, 1.82) is 0 Å². The first-order chi connectivity index (χ1) is 14.1. The number of methoxy groups -OCH3 is 1. The zero-order valence-corrected chi connectivity index (χ0v) is 16.2. The second kappa shape index (κ2) is 8.10. The van der Waals surface area contributed by atoms with Crippen LogP contribution in [0.25, 0.3) is 0 Å². The van der Waals surface area contributed by atoms with Crippen molar-refractivity contribution in [2.45, 2.75) is 13.5 Å². The number of aromatic nitrogens is 1. The molecule has 0 aliphatic carbocycles. The summed E-state index contributed by atoms with van der Waals surface area (Å²) in [6.07, 6.45) is 1.54.